The number of hydrogen-bond acceptors (Lipinski definition) is 7. The lowest BCUT2D eigenvalue weighted by atomic mass is 9.93. The van der Waals surface area contributed by atoms with Crippen molar-refractivity contribution in [1.29, 1.82) is 0 Å². The number of hydrogen-bond donors (Lipinski definition) is 1. The molecule has 3 aromatic carbocycles. The number of carbonyl (C=O) groups is 3. The summed E-state index contributed by atoms with van der Waals surface area (Å²) in [6.45, 7) is 1.73. The Morgan fingerprint density at radius 2 is 1.47 bits per heavy atom. The largest absolute Gasteiger partial charge is 0.467 e. The van der Waals surface area contributed by atoms with E-state index in [0.717, 1.165) is 10.6 Å². The minimum atomic E-state index is -4.11. The van der Waals surface area contributed by atoms with E-state index in [9.17, 15) is 22.8 Å². The van der Waals surface area contributed by atoms with Gasteiger partial charge in [-0.2, -0.15) is 5.01 Å². The molecule has 9 nitrogen and oxygen atoms in total. The molecule has 184 valence electrons. The molecule has 0 aliphatic carbocycles. The first-order valence-corrected chi connectivity index (χ1v) is 12.7. The van der Waals surface area contributed by atoms with Crippen molar-refractivity contribution in [3.05, 3.63) is 101 Å². The Labute approximate surface area is 208 Å². The van der Waals surface area contributed by atoms with Crippen molar-refractivity contribution in [2.75, 3.05) is 13.7 Å². The van der Waals surface area contributed by atoms with E-state index >= 15 is 0 Å². The zero-order valence-corrected chi connectivity index (χ0v) is 20.4. The fourth-order valence-electron chi connectivity index (χ4n) is 4.57. The highest BCUT2D eigenvalue weighted by atomic mass is 32.2. The summed E-state index contributed by atoms with van der Waals surface area (Å²) in [6, 6.07) is 20.0. The molecule has 1 N–H and O–H groups in total. The number of esters is 1. The first kappa shape index (κ1) is 23.9. The molecule has 2 heterocycles. The number of imide groups is 1. The van der Waals surface area contributed by atoms with Crippen molar-refractivity contribution >= 4 is 27.8 Å². The third-order valence-corrected chi connectivity index (χ3v) is 7.95. The standard InChI is InChI=1S/C26H23N3O6S/c1-17-12-14-19(15-13-17)36(33,34)27-22(18-8-4-3-5-9-18)26(25(32)35-2)16-28(26)29-23(30)20-10-6-7-11-21(20)24(29)31/h3-15,22,27H,16H2,1-2H3/t22-,26+,28?/m1/s1. The van der Waals surface area contributed by atoms with Crippen molar-refractivity contribution < 1.29 is 27.5 Å². The number of rotatable bonds is 7. The highest BCUT2D eigenvalue weighted by molar-refractivity contribution is 7.89. The van der Waals surface area contributed by atoms with Crippen LogP contribution in [0.4, 0.5) is 0 Å². The first-order chi connectivity index (χ1) is 17.2. The van der Waals surface area contributed by atoms with Gasteiger partial charge >= 0.3 is 5.97 Å². The molecule has 0 bridgehead atoms. The number of fused-ring (bicyclic) bond motifs is 1. The van der Waals surface area contributed by atoms with Gasteiger partial charge in [-0.1, -0.05) is 60.2 Å². The Kier molecular flexibility index (Phi) is 5.74. The number of methoxy groups -OCH3 is 1. The maximum Gasteiger partial charge on any atom is 0.331 e. The molecule has 5 rings (SSSR count). The van der Waals surface area contributed by atoms with Crippen molar-refractivity contribution in [3.8, 4) is 0 Å². The highest BCUT2D eigenvalue weighted by Gasteiger charge is 2.70. The van der Waals surface area contributed by atoms with E-state index in [2.05, 4.69) is 4.72 Å². The van der Waals surface area contributed by atoms with Crippen molar-refractivity contribution in [2.24, 2.45) is 0 Å². The molecule has 1 unspecified atom stereocenters. The van der Waals surface area contributed by atoms with E-state index < -0.39 is 39.4 Å². The minimum Gasteiger partial charge on any atom is -0.467 e. The number of amides is 2. The molecular weight excluding hydrogens is 482 g/mol. The second kappa shape index (κ2) is 8.66. The quantitative estimate of drug-likeness (QED) is 0.298. The highest BCUT2D eigenvalue weighted by Crippen LogP contribution is 2.48. The first-order valence-electron chi connectivity index (χ1n) is 11.2. The molecule has 2 amide bonds. The van der Waals surface area contributed by atoms with Crippen molar-refractivity contribution in [1.82, 2.24) is 14.7 Å². The normalized spacial score (nSPS) is 21.7. The van der Waals surface area contributed by atoms with Crippen LogP contribution >= 0.6 is 0 Å². The van der Waals surface area contributed by atoms with Crippen molar-refractivity contribution in [3.63, 3.8) is 0 Å². The van der Waals surface area contributed by atoms with Crippen LogP contribution in [0.5, 0.6) is 0 Å². The van der Waals surface area contributed by atoms with E-state index in [1.54, 1.807) is 54.6 Å². The fraction of sp³-hybridized carbons (Fsp3) is 0.192. The average Bonchev–Trinajstić information content (AvgIpc) is 3.57. The predicted octanol–water partition coefficient (Wildman–Crippen LogP) is 2.45. The molecule has 0 saturated carbocycles. The summed E-state index contributed by atoms with van der Waals surface area (Å²) in [6.07, 6.45) is 0. The molecule has 0 spiro atoms. The summed E-state index contributed by atoms with van der Waals surface area (Å²) in [4.78, 5) is 39.6. The number of sulfonamides is 1. The van der Waals surface area contributed by atoms with Gasteiger partial charge in [-0.05, 0) is 36.8 Å². The lowest BCUT2D eigenvalue weighted by Crippen LogP contribution is -2.50. The maximum absolute atomic E-state index is 13.4. The van der Waals surface area contributed by atoms with Crippen LogP contribution in [0.25, 0.3) is 0 Å². The number of aryl methyl sites for hydroxylation is 1. The summed E-state index contributed by atoms with van der Waals surface area (Å²) in [5.41, 5.74) is 0.118. The Balaban J connectivity index is 1.59. The van der Waals surface area contributed by atoms with Crippen LogP contribution in [0.2, 0.25) is 0 Å². The molecule has 1 saturated heterocycles. The monoisotopic (exact) mass is 505 g/mol. The second-order valence-corrected chi connectivity index (χ2v) is 10.4. The van der Waals surface area contributed by atoms with Gasteiger partial charge in [0.15, 0.2) is 5.54 Å². The number of carbonyl (C=O) groups excluding carboxylic acids is 3. The summed E-state index contributed by atoms with van der Waals surface area (Å²) < 4.78 is 34.6. The molecule has 3 atom stereocenters. The van der Waals surface area contributed by atoms with Crippen LogP contribution in [0.15, 0.2) is 83.8 Å². The minimum absolute atomic E-state index is 0.0157. The summed E-state index contributed by atoms with van der Waals surface area (Å²) in [5.74, 6) is -1.95. The van der Waals surface area contributed by atoms with Gasteiger partial charge in [-0.3, -0.25) is 9.59 Å². The molecule has 2 aliphatic rings. The molecule has 3 aromatic rings. The number of nitrogens with zero attached hydrogens (tertiary/aromatic N) is 2. The average molecular weight is 506 g/mol. The Bertz CT molecular complexity index is 1440. The molecule has 36 heavy (non-hydrogen) atoms. The number of ether oxygens (including phenoxy) is 1. The molecule has 1 fully saturated rings. The fourth-order valence-corrected chi connectivity index (χ4v) is 5.84. The van der Waals surface area contributed by atoms with Gasteiger partial charge in [-0.15, -0.1) is 0 Å². The van der Waals surface area contributed by atoms with Crippen LogP contribution in [-0.4, -0.2) is 55.4 Å². The Hall–Kier alpha value is -3.86. The van der Waals surface area contributed by atoms with E-state index in [4.69, 9.17) is 4.74 Å². The third-order valence-electron chi connectivity index (χ3n) is 6.52. The lowest BCUT2D eigenvalue weighted by molar-refractivity contribution is -0.147. The maximum atomic E-state index is 13.4. The van der Waals surface area contributed by atoms with Crippen LogP contribution in [0.3, 0.4) is 0 Å². The SMILES string of the molecule is COC(=O)[C@@]1([C@H](NS(=O)(=O)c2ccc(C)cc2)c2ccccc2)CN1N1C(=O)c2ccccc2C1=O. The summed E-state index contributed by atoms with van der Waals surface area (Å²) in [5, 5.41) is 2.18. The van der Waals surface area contributed by atoms with E-state index in [-0.39, 0.29) is 22.6 Å². The molecule has 2 aliphatic heterocycles. The van der Waals surface area contributed by atoms with Crippen molar-refractivity contribution in [2.45, 2.75) is 23.4 Å². The van der Waals surface area contributed by atoms with Gasteiger partial charge in [0, 0.05) is 0 Å². The molecule has 0 aromatic heterocycles. The number of hydrazine groups is 1. The number of nitrogens with one attached hydrogen (secondary N) is 1. The Morgan fingerprint density at radius 3 is 2.03 bits per heavy atom. The van der Waals surface area contributed by atoms with E-state index in [1.165, 1.54) is 36.4 Å². The van der Waals surface area contributed by atoms with Gasteiger partial charge in [0.25, 0.3) is 11.8 Å². The molecule has 10 heteroatoms. The summed E-state index contributed by atoms with van der Waals surface area (Å²) >= 11 is 0. The van der Waals surface area contributed by atoms with Crippen LogP contribution in [-0.2, 0) is 19.6 Å². The lowest BCUT2D eigenvalue weighted by Gasteiger charge is -2.29. The van der Waals surface area contributed by atoms with Gasteiger partial charge in [-0.25, -0.2) is 22.9 Å². The van der Waals surface area contributed by atoms with Gasteiger partial charge in [0.1, 0.15) is 0 Å². The smallest absolute Gasteiger partial charge is 0.331 e. The second-order valence-electron chi connectivity index (χ2n) is 8.72. The zero-order valence-electron chi connectivity index (χ0n) is 19.5. The Morgan fingerprint density at radius 1 is 0.917 bits per heavy atom. The van der Waals surface area contributed by atoms with Gasteiger partial charge in [0.2, 0.25) is 10.0 Å². The van der Waals surface area contributed by atoms with Gasteiger partial charge in [0.05, 0.1) is 35.7 Å². The van der Waals surface area contributed by atoms with Crippen LogP contribution in [0, 0.1) is 6.92 Å². The molecule has 0 radical (unpaired) electrons. The predicted molar refractivity (Wildman–Crippen MR) is 129 cm³/mol. The zero-order chi connectivity index (χ0) is 25.7. The summed E-state index contributed by atoms with van der Waals surface area (Å²) in [7, 11) is -2.93. The topological polar surface area (TPSA) is 113 Å². The van der Waals surface area contributed by atoms with Crippen LogP contribution in [0.1, 0.15) is 37.9 Å². The van der Waals surface area contributed by atoms with E-state index in [1.807, 2.05) is 6.92 Å². The molecular formula is C26H23N3O6S. The van der Waals surface area contributed by atoms with Crippen LogP contribution < -0.4 is 4.72 Å². The number of benzene rings is 3. The van der Waals surface area contributed by atoms with E-state index in [0.29, 0.717) is 5.56 Å². The third kappa shape index (κ3) is 3.70. The van der Waals surface area contributed by atoms with Gasteiger partial charge < -0.3 is 4.74 Å².